The Hall–Kier alpha value is -2.49. The Morgan fingerprint density at radius 2 is 1.38 bits per heavy atom. The molecule has 0 aliphatic carbocycles. The predicted molar refractivity (Wildman–Crippen MR) is 96.2 cm³/mol. The highest BCUT2D eigenvalue weighted by molar-refractivity contribution is 5.18. The molecule has 24 heavy (non-hydrogen) atoms. The van der Waals surface area contributed by atoms with Gasteiger partial charge in [-0.05, 0) is 17.2 Å². The second-order valence-corrected chi connectivity index (χ2v) is 5.94. The maximum Gasteiger partial charge on any atom is 0.0932 e. The third-order valence-electron chi connectivity index (χ3n) is 4.00. The molecule has 0 radical (unpaired) electrons. The van der Waals surface area contributed by atoms with Gasteiger partial charge in [0.1, 0.15) is 0 Å². The van der Waals surface area contributed by atoms with Crippen LogP contribution >= 0.6 is 0 Å². The summed E-state index contributed by atoms with van der Waals surface area (Å²) in [5, 5.41) is 10.6. The molecular formula is C21H22N2O. The van der Waals surface area contributed by atoms with E-state index in [-0.39, 0.29) is 0 Å². The summed E-state index contributed by atoms with van der Waals surface area (Å²) < 4.78 is 0. The Morgan fingerprint density at radius 3 is 1.88 bits per heavy atom. The Morgan fingerprint density at radius 1 is 0.792 bits per heavy atom. The molecule has 122 valence electrons. The average Bonchev–Trinajstić information content (AvgIpc) is 2.64. The molecule has 3 aromatic rings. The van der Waals surface area contributed by atoms with Crippen LogP contribution in [0.1, 0.15) is 22.8 Å². The van der Waals surface area contributed by atoms with Gasteiger partial charge in [0, 0.05) is 37.6 Å². The summed E-state index contributed by atoms with van der Waals surface area (Å²) in [5.41, 5.74) is 3.34. The van der Waals surface area contributed by atoms with Crippen LogP contribution in [-0.4, -0.2) is 21.5 Å². The summed E-state index contributed by atoms with van der Waals surface area (Å²) in [7, 11) is 0. The van der Waals surface area contributed by atoms with E-state index in [9.17, 15) is 5.11 Å². The minimum absolute atomic E-state index is 0.550. The lowest BCUT2D eigenvalue weighted by molar-refractivity contribution is 0.104. The van der Waals surface area contributed by atoms with Gasteiger partial charge < -0.3 is 5.11 Å². The number of hydrogen-bond donors (Lipinski definition) is 1. The lowest BCUT2D eigenvalue weighted by Gasteiger charge is -2.25. The highest BCUT2D eigenvalue weighted by atomic mass is 16.3. The Kier molecular flexibility index (Phi) is 5.72. The van der Waals surface area contributed by atoms with Crippen LogP contribution in [0.4, 0.5) is 0 Å². The monoisotopic (exact) mass is 318 g/mol. The minimum atomic E-state index is -0.550. The lowest BCUT2D eigenvalue weighted by atomic mass is 10.1. The van der Waals surface area contributed by atoms with Crippen molar-refractivity contribution in [3.63, 3.8) is 0 Å². The highest BCUT2D eigenvalue weighted by Crippen LogP contribution is 2.17. The molecule has 0 spiro atoms. The molecule has 0 bridgehead atoms. The number of aromatic nitrogens is 1. The normalized spacial score (nSPS) is 12.2. The van der Waals surface area contributed by atoms with E-state index in [2.05, 4.69) is 34.1 Å². The van der Waals surface area contributed by atoms with E-state index in [1.807, 2.05) is 48.5 Å². The van der Waals surface area contributed by atoms with Crippen LogP contribution in [0.3, 0.4) is 0 Å². The molecule has 0 aliphatic rings. The van der Waals surface area contributed by atoms with Crippen molar-refractivity contribution in [3.05, 3.63) is 102 Å². The molecule has 1 unspecified atom stereocenters. The van der Waals surface area contributed by atoms with Gasteiger partial charge in [-0.1, -0.05) is 66.7 Å². The number of rotatable bonds is 7. The zero-order valence-electron chi connectivity index (χ0n) is 13.6. The summed E-state index contributed by atoms with van der Waals surface area (Å²) in [6.07, 6.45) is 2.90. The molecule has 0 saturated heterocycles. The zero-order valence-corrected chi connectivity index (χ0v) is 13.6. The van der Waals surface area contributed by atoms with Crippen LogP contribution in [0, 0.1) is 0 Å². The van der Waals surface area contributed by atoms with Crippen LogP contribution in [0.25, 0.3) is 0 Å². The van der Waals surface area contributed by atoms with Crippen molar-refractivity contribution in [2.45, 2.75) is 19.2 Å². The van der Waals surface area contributed by atoms with E-state index in [1.165, 1.54) is 11.1 Å². The molecule has 0 saturated carbocycles. The lowest BCUT2D eigenvalue weighted by Crippen LogP contribution is -2.28. The second kappa shape index (κ2) is 8.39. The Balaban J connectivity index is 1.73. The van der Waals surface area contributed by atoms with E-state index in [1.54, 1.807) is 12.4 Å². The van der Waals surface area contributed by atoms with Crippen LogP contribution in [0.2, 0.25) is 0 Å². The molecule has 1 N–H and O–H groups in total. The van der Waals surface area contributed by atoms with Crippen molar-refractivity contribution < 1.29 is 5.11 Å². The summed E-state index contributed by atoms with van der Waals surface area (Å²) in [4.78, 5) is 6.37. The summed E-state index contributed by atoms with van der Waals surface area (Å²) in [5.74, 6) is 0. The number of benzene rings is 2. The van der Waals surface area contributed by atoms with Crippen LogP contribution in [0.5, 0.6) is 0 Å². The van der Waals surface area contributed by atoms with Crippen molar-refractivity contribution in [1.82, 2.24) is 9.88 Å². The van der Waals surface area contributed by atoms with E-state index in [0.717, 1.165) is 18.7 Å². The highest BCUT2D eigenvalue weighted by Gasteiger charge is 2.14. The first-order valence-electron chi connectivity index (χ1n) is 8.19. The third kappa shape index (κ3) is 4.75. The number of aliphatic hydroxyl groups is 1. The first-order chi connectivity index (χ1) is 11.8. The summed E-state index contributed by atoms with van der Waals surface area (Å²) in [6, 6.07) is 24.5. The molecule has 0 aliphatic heterocycles. The molecule has 0 amide bonds. The Labute approximate surface area is 143 Å². The van der Waals surface area contributed by atoms with Crippen molar-refractivity contribution in [3.8, 4) is 0 Å². The van der Waals surface area contributed by atoms with Gasteiger partial charge >= 0.3 is 0 Å². The van der Waals surface area contributed by atoms with E-state index < -0.39 is 6.10 Å². The molecular weight excluding hydrogens is 296 g/mol. The summed E-state index contributed by atoms with van der Waals surface area (Å²) >= 11 is 0. The standard InChI is InChI=1S/C21H22N2O/c24-21(20-12-7-13-22-14-20)17-23(15-18-8-3-1-4-9-18)16-19-10-5-2-6-11-19/h1-14,21,24H,15-17H2. The molecule has 1 aromatic heterocycles. The third-order valence-corrected chi connectivity index (χ3v) is 4.00. The maximum atomic E-state index is 10.6. The van der Waals surface area contributed by atoms with Gasteiger partial charge in [0.15, 0.2) is 0 Å². The maximum absolute atomic E-state index is 10.6. The number of hydrogen-bond acceptors (Lipinski definition) is 3. The predicted octanol–water partition coefficient (Wildman–Crippen LogP) is 3.82. The second-order valence-electron chi connectivity index (χ2n) is 5.94. The zero-order chi connectivity index (χ0) is 16.6. The molecule has 2 aromatic carbocycles. The SMILES string of the molecule is OC(CN(Cc1ccccc1)Cc1ccccc1)c1cccnc1. The van der Waals surface area contributed by atoms with Gasteiger partial charge in [-0.25, -0.2) is 0 Å². The molecule has 1 heterocycles. The van der Waals surface area contributed by atoms with Gasteiger partial charge in [-0.3, -0.25) is 9.88 Å². The van der Waals surface area contributed by atoms with Crippen molar-refractivity contribution in [1.29, 1.82) is 0 Å². The largest absolute Gasteiger partial charge is 0.387 e. The van der Waals surface area contributed by atoms with Crippen LogP contribution in [0.15, 0.2) is 85.2 Å². The number of pyridine rings is 1. The van der Waals surface area contributed by atoms with E-state index in [4.69, 9.17) is 0 Å². The molecule has 3 heteroatoms. The van der Waals surface area contributed by atoms with Crippen molar-refractivity contribution >= 4 is 0 Å². The number of aliphatic hydroxyl groups excluding tert-OH is 1. The van der Waals surface area contributed by atoms with E-state index in [0.29, 0.717) is 6.54 Å². The fraction of sp³-hybridized carbons (Fsp3) is 0.190. The van der Waals surface area contributed by atoms with Gasteiger partial charge in [0.2, 0.25) is 0 Å². The summed E-state index contributed by atoms with van der Waals surface area (Å²) in [6.45, 7) is 2.16. The smallest absolute Gasteiger partial charge is 0.0932 e. The van der Waals surface area contributed by atoms with Crippen LogP contribution < -0.4 is 0 Å². The quantitative estimate of drug-likeness (QED) is 0.719. The van der Waals surface area contributed by atoms with Gasteiger partial charge in [-0.2, -0.15) is 0 Å². The fourth-order valence-electron chi connectivity index (χ4n) is 2.79. The molecule has 1 atom stereocenters. The Bertz CT molecular complexity index is 675. The van der Waals surface area contributed by atoms with Gasteiger partial charge in [0.05, 0.1) is 6.10 Å². The van der Waals surface area contributed by atoms with E-state index >= 15 is 0 Å². The fourth-order valence-corrected chi connectivity index (χ4v) is 2.79. The number of nitrogens with zero attached hydrogens (tertiary/aromatic N) is 2. The first kappa shape index (κ1) is 16.4. The first-order valence-corrected chi connectivity index (χ1v) is 8.19. The average molecular weight is 318 g/mol. The van der Waals surface area contributed by atoms with Crippen molar-refractivity contribution in [2.24, 2.45) is 0 Å². The molecule has 3 nitrogen and oxygen atoms in total. The van der Waals surface area contributed by atoms with Gasteiger partial charge in [0.25, 0.3) is 0 Å². The topological polar surface area (TPSA) is 36.4 Å². The molecule has 3 rings (SSSR count). The minimum Gasteiger partial charge on any atom is -0.387 e. The van der Waals surface area contributed by atoms with Crippen molar-refractivity contribution in [2.75, 3.05) is 6.54 Å². The van der Waals surface area contributed by atoms with Crippen LogP contribution in [-0.2, 0) is 13.1 Å². The van der Waals surface area contributed by atoms with Gasteiger partial charge in [-0.15, -0.1) is 0 Å². The molecule has 0 fully saturated rings.